The average molecular weight is 766 g/mol. The van der Waals surface area contributed by atoms with Gasteiger partial charge >= 0.3 is 0 Å². The van der Waals surface area contributed by atoms with Crippen LogP contribution in [0.15, 0.2) is 41.5 Å². The fourth-order valence-corrected chi connectivity index (χ4v) is 3.37. The first-order valence-electron chi connectivity index (χ1n) is 22.3. The molecule has 1 aromatic carbocycles. The van der Waals surface area contributed by atoms with Crippen molar-refractivity contribution in [2.24, 2.45) is 28.1 Å². The number of hydrogen-bond acceptors (Lipinski definition) is 0. The lowest BCUT2D eigenvalue weighted by Crippen LogP contribution is -2.10. The van der Waals surface area contributed by atoms with Crippen molar-refractivity contribution < 1.29 is 0 Å². The highest BCUT2D eigenvalue weighted by Crippen LogP contribution is 2.26. The maximum atomic E-state index is 3.03. The van der Waals surface area contributed by atoms with Gasteiger partial charge in [-0.15, -0.1) is 5.92 Å². The smallest absolute Gasteiger partial charge is 0.0230 e. The van der Waals surface area contributed by atoms with Gasteiger partial charge in [0.05, 0.1) is 0 Å². The van der Waals surface area contributed by atoms with Crippen LogP contribution in [0.1, 0.15) is 266 Å². The van der Waals surface area contributed by atoms with Gasteiger partial charge in [-0.2, -0.15) is 0 Å². The van der Waals surface area contributed by atoms with Crippen LogP contribution in [-0.2, 0) is 5.41 Å². The summed E-state index contributed by atoms with van der Waals surface area (Å²) < 4.78 is 0. The molecule has 0 unspecified atom stereocenters. The first kappa shape index (κ1) is 77.1. The van der Waals surface area contributed by atoms with E-state index in [-0.39, 0.29) is 12.8 Å². The maximum Gasteiger partial charge on any atom is 0.0230 e. The summed E-state index contributed by atoms with van der Waals surface area (Å²) in [5.41, 5.74) is 5.69. The van der Waals surface area contributed by atoms with Crippen molar-refractivity contribution in [3.05, 3.63) is 47.0 Å². The van der Waals surface area contributed by atoms with Gasteiger partial charge in [0, 0.05) is 5.41 Å². The number of benzene rings is 1. The normalized spacial score (nSPS) is 11.1. The molecule has 0 spiro atoms. The summed E-state index contributed by atoms with van der Waals surface area (Å²) in [5.74, 6) is 7.81. The zero-order valence-corrected chi connectivity index (χ0v) is 43.8. The molecular formula is C54H116. The molecule has 1 saturated carbocycles. The van der Waals surface area contributed by atoms with E-state index >= 15 is 0 Å². The van der Waals surface area contributed by atoms with Gasteiger partial charge in [0.1, 0.15) is 0 Å². The Morgan fingerprint density at radius 1 is 0.630 bits per heavy atom. The molecule has 0 N–H and O–H groups in total. The molecular weight excluding hydrogens is 649 g/mol. The van der Waals surface area contributed by atoms with Gasteiger partial charge in [0.15, 0.2) is 0 Å². The second kappa shape index (κ2) is 51.5. The highest BCUT2D eigenvalue weighted by molar-refractivity contribution is 5.22. The molecule has 1 aromatic rings. The predicted molar refractivity (Wildman–Crippen MR) is 268 cm³/mol. The number of hydrogen-bond donors (Lipinski definition) is 0. The van der Waals surface area contributed by atoms with Crippen LogP contribution in [0.25, 0.3) is 0 Å². The summed E-state index contributed by atoms with van der Waals surface area (Å²) in [4.78, 5) is 0. The van der Waals surface area contributed by atoms with E-state index < -0.39 is 0 Å². The third kappa shape index (κ3) is 92.9. The van der Waals surface area contributed by atoms with E-state index in [0.29, 0.717) is 16.2 Å². The Morgan fingerprint density at radius 3 is 1.02 bits per heavy atom. The van der Waals surface area contributed by atoms with Gasteiger partial charge in [-0.25, -0.2) is 0 Å². The molecule has 0 atom stereocenters. The highest BCUT2D eigenvalue weighted by Gasteiger charge is 2.13. The van der Waals surface area contributed by atoms with Gasteiger partial charge in [-0.3, -0.25) is 0 Å². The summed E-state index contributed by atoms with van der Waals surface area (Å²) in [6.07, 6.45) is 8.74. The standard InChI is InChI=1S/C10H14.C9H18.C7H14.C7H12.2C5H12.5C2H6.CH4/c1-10(2,3)9-7-5-4-6-8-9;1-7(2)8(3)9(4,5)6;1-7-5-3-2-4-6-7;1-5-6-7(2,3)4;1-5(2,3)4;1-4-5(2)3;5*1-2;/h4-8H,1-3H3;1-6H3;7H,2-6H2,1H3;1-4H3;1-4H3;5H,4H2,1-3H3;5*1-2H3;1H4. The van der Waals surface area contributed by atoms with Crippen LogP contribution in [0, 0.1) is 39.9 Å². The molecule has 0 amide bonds. The van der Waals surface area contributed by atoms with E-state index in [9.17, 15) is 0 Å². The number of allylic oxidation sites excluding steroid dienone is 2. The minimum atomic E-state index is 0. The van der Waals surface area contributed by atoms with E-state index in [1.54, 1.807) is 0 Å². The summed E-state index contributed by atoms with van der Waals surface area (Å²) in [6.45, 7) is 65.9. The molecule has 1 aliphatic rings. The van der Waals surface area contributed by atoms with Crippen LogP contribution in [0.4, 0.5) is 0 Å². The summed E-state index contributed by atoms with van der Waals surface area (Å²) in [5, 5.41) is 0. The summed E-state index contributed by atoms with van der Waals surface area (Å²) in [6, 6.07) is 10.6. The lowest BCUT2D eigenvalue weighted by atomic mass is 9.85. The van der Waals surface area contributed by atoms with Gasteiger partial charge in [-0.1, -0.05) is 260 Å². The zero-order valence-electron chi connectivity index (χ0n) is 43.8. The van der Waals surface area contributed by atoms with Crippen LogP contribution < -0.4 is 0 Å². The third-order valence-corrected chi connectivity index (χ3v) is 6.73. The minimum absolute atomic E-state index is 0. The molecule has 0 aliphatic heterocycles. The fraction of sp³-hybridized carbons (Fsp3) is 0.815. The van der Waals surface area contributed by atoms with Crippen molar-refractivity contribution in [3.8, 4) is 11.8 Å². The lowest BCUT2D eigenvalue weighted by molar-refractivity contribution is 0.385. The van der Waals surface area contributed by atoms with Crippen LogP contribution in [0.3, 0.4) is 0 Å². The Hall–Kier alpha value is -1.48. The minimum Gasteiger partial charge on any atom is -0.106 e. The second-order valence-corrected chi connectivity index (χ2v) is 17.7. The Morgan fingerprint density at radius 2 is 0.926 bits per heavy atom. The molecule has 54 heavy (non-hydrogen) atoms. The first-order chi connectivity index (χ1) is 24.2. The van der Waals surface area contributed by atoms with Crippen molar-refractivity contribution in [2.45, 2.75) is 266 Å². The Balaban J connectivity index is -0.0000000518. The lowest BCUT2D eigenvalue weighted by Gasteiger charge is -2.20. The molecule has 0 saturated heterocycles. The van der Waals surface area contributed by atoms with Gasteiger partial charge in [0.2, 0.25) is 0 Å². The predicted octanol–water partition coefficient (Wildman–Crippen LogP) is 20.9. The molecule has 0 aromatic heterocycles. The van der Waals surface area contributed by atoms with E-state index in [2.05, 4.69) is 181 Å². The quantitative estimate of drug-likeness (QED) is 0.197. The average Bonchev–Trinajstić information content (AvgIpc) is 3.09. The largest absolute Gasteiger partial charge is 0.106 e. The molecule has 1 aliphatic carbocycles. The molecule has 0 heteroatoms. The van der Waals surface area contributed by atoms with Crippen molar-refractivity contribution in [3.63, 3.8) is 0 Å². The van der Waals surface area contributed by atoms with Gasteiger partial charge < -0.3 is 0 Å². The number of rotatable bonds is 1. The van der Waals surface area contributed by atoms with Crippen LogP contribution in [-0.4, -0.2) is 0 Å². The van der Waals surface area contributed by atoms with Gasteiger partial charge in [-0.05, 0) is 82.1 Å². The molecule has 332 valence electrons. The Labute approximate surface area is 351 Å². The molecule has 1 fully saturated rings. The Kier molecular flexibility index (Phi) is 73.6. The molecule has 2 rings (SSSR count). The van der Waals surface area contributed by atoms with Crippen molar-refractivity contribution in [1.82, 2.24) is 0 Å². The van der Waals surface area contributed by atoms with Crippen molar-refractivity contribution in [1.29, 1.82) is 0 Å². The molecule has 0 radical (unpaired) electrons. The topological polar surface area (TPSA) is 0 Å². The van der Waals surface area contributed by atoms with E-state index in [4.69, 9.17) is 0 Å². The van der Waals surface area contributed by atoms with Crippen LogP contribution >= 0.6 is 0 Å². The SMILES string of the molecule is C.CC.CC.CC.CC.CC.CC#CC(C)(C)C.CC(C)(C)C.CC(C)(C)c1ccccc1.CC(C)=C(C)C(C)(C)C.CC1CCCCC1.CCC(C)C. The van der Waals surface area contributed by atoms with E-state index in [0.717, 1.165) is 11.8 Å². The Bertz CT molecular complexity index is 824. The van der Waals surface area contributed by atoms with Crippen LogP contribution in [0.2, 0.25) is 0 Å². The van der Waals surface area contributed by atoms with E-state index in [1.165, 1.54) is 55.2 Å². The fourth-order valence-electron chi connectivity index (χ4n) is 3.37. The molecule has 0 bridgehead atoms. The maximum absolute atomic E-state index is 3.03. The highest BCUT2D eigenvalue weighted by atomic mass is 14.2. The third-order valence-electron chi connectivity index (χ3n) is 6.73. The molecule has 0 heterocycles. The monoisotopic (exact) mass is 765 g/mol. The van der Waals surface area contributed by atoms with Crippen molar-refractivity contribution >= 4 is 0 Å². The molecule has 0 nitrogen and oxygen atoms in total. The van der Waals surface area contributed by atoms with E-state index in [1.807, 2.05) is 76.2 Å². The second-order valence-electron chi connectivity index (χ2n) is 17.7. The summed E-state index contributed by atoms with van der Waals surface area (Å²) >= 11 is 0. The zero-order chi connectivity index (χ0) is 45.1. The first-order valence-corrected chi connectivity index (χ1v) is 22.3. The van der Waals surface area contributed by atoms with Gasteiger partial charge in [0.25, 0.3) is 0 Å². The van der Waals surface area contributed by atoms with Crippen LogP contribution in [0.5, 0.6) is 0 Å². The summed E-state index contributed by atoms with van der Waals surface area (Å²) in [7, 11) is 0. The van der Waals surface area contributed by atoms with Crippen molar-refractivity contribution in [2.75, 3.05) is 0 Å².